The topological polar surface area (TPSA) is 85.6 Å². The van der Waals surface area contributed by atoms with E-state index in [-0.39, 0.29) is 24.4 Å². The summed E-state index contributed by atoms with van der Waals surface area (Å²) < 4.78 is 16.1. The number of amides is 1. The molecule has 1 unspecified atom stereocenters. The second-order valence-corrected chi connectivity index (χ2v) is 5.59. The van der Waals surface area contributed by atoms with Crippen molar-refractivity contribution in [2.75, 3.05) is 26.8 Å². The van der Waals surface area contributed by atoms with Gasteiger partial charge < -0.3 is 24.6 Å². The number of nitrogens with one attached hydrogen (secondary N) is 2. The van der Waals surface area contributed by atoms with Gasteiger partial charge in [-0.3, -0.25) is 4.79 Å². The maximum Gasteiger partial charge on any atom is 0.222 e. The number of morpholine rings is 1. The normalized spacial score (nSPS) is 16.8. The summed E-state index contributed by atoms with van der Waals surface area (Å²) in [5.74, 6) is 1.33. The van der Waals surface area contributed by atoms with Gasteiger partial charge in [-0.05, 0) is 12.1 Å². The number of ether oxygens (including phenoxy) is 2. The Bertz CT molecular complexity index is 686. The third-order valence-electron chi connectivity index (χ3n) is 3.80. The third-order valence-corrected chi connectivity index (χ3v) is 3.80. The predicted octanol–water partition coefficient (Wildman–Crippen LogP) is 1.77. The Labute approximate surface area is 152 Å². The molecular weight excluding hydrogens is 346 g/mol. The van der Waals surface area contributed by atoms with Gasteiger partial charge in [-0.15, -0.1) is 12.4 Å². The number of methoxy groups -OCH3 is 1. The minimum absolute atomic E-state index is 0. The SMILES string of the molecule is COc1cccc(-c2cc(CNC(=O)CC3CNCCO3)no2)c1.Cl. The zero-order valence-corrected chi connectivity index (χ0v) is 14.8. The van der Waals surface area contributed by atoms with Crippen molar-refractivity contribution >= 4 is 18.3 Å². The Hall–Kier alpha value is -2.09. The Morgan fingerprint density at radius 1 is 1.44 bits per heavy atom. The lowest BCUT2D eigenvalue weighted by atomic mass is 10.1. The molecule has 2 aromatic rings. The molecule has 1 atom stereocenters. The number of hydrogen-bond donors (Lipinski definition) is 2. The number of benzene rings is 1. The van der Waals surface area contributed by atoms with Crippen LogP contribution in [0.5, 0.6) is 5.75 Å². The predicted molar refractivity (Wildman–Crippen MR) is 94.8 cm³/mol. The maximum atomic E-state index is 12.0. The molecule has 8 heteroatoms. The van der Waals surface area contributed by atoms with Gasteiger partial charge in [-0.2, -0.15) is 0 Å². The Morgan fingerprint density at radius 2 is 2.32 bits per heavy atom. The number of rotatable bonds is 6. The van der Waals surface area contributed by atoms with Crippen LogP contribution < -0.4 is 15.4 Å². The van der Waals surface area contributed by atoms with Gasteiger partial charge in [0.15, 0.2) is 5.76 Å². The number of hydrogen-bond acceptors (Lipinski definition) is 6. The quantitative estimate of drug-likeness (QED) is 0.809. The van der Waals surface area contributed by atoms with Crippen molar-refractivity contribution in [3.8, 4) is 17.1 Å². The van der Waals surface area contributed by atoms with E-state index in [9.17, 15) is 4.79 Å². The van der Waals surface area contributed by atoms with Gasteiger partial charge in [0.25, 0.3) is 0 Å². The Morgan fingerprint density at radius 3 is 3.08 bits per heavy atom. The fourth-order valence-electron chi connectivity index (χ4n) is 2.53. The highest BCUT2D eigenvalue weighted by Crippen LogP contribution is 2.24. The number of aromatic nitrogens is 1. The number of nitrogens with zero attached hydrogens (tertiary/aromatic N) is 1. The molecule has 0 aliphatic carbocycles. The summed E-state index contributed by atoms with van der Waals surface area (Å²) in [5, 5.41) is 10.0. The molecule has 2 heterocycles. The molecule has 2 N–H and O–H groups in total. The van der Waals surface area contributed by atoms with Crippen LogP contribution in [0.15, 0.2) is 34.9 Å². The van der Waals surface area contributed by atoms with Crippen molar-refractivity contribution in [3.63, 3.8) is 0 Å². The molecule has 1 fully saturated rings. The molecule has 7 nitrogen and oxygen atoms in total. The highest BCUT2D eigenvalue weighted by molar-refractivity contribution is 5.85. The van der Waals surface area contributed by atoms with Gasteiger partial charge in [0.05, 0.1) is 32.8 Å². The fraction of sp³-hybridized carbons (Fsp3) is 0.412. The Balaban J connectivity index is 0.00000225. The van der Waals surface area contributed by atoms with Crippen molar-refractivity contribution in [2.45, 2.75) is 19.1 Å². The smallest absolute Gasteiger partial charge is 0.222 e. The molecule has 1 saturated heterocycles. The van der Waals surface area contributed by atoms with Crippen LogP contribution in [0.1, 0.15) is 12.1 Å². The highest BCUT2D eigenvalue weighted by atomic mass is 35.5. The van der Waals surface area contributed by atoms with Crippen LogP contribution in [0.2, 0.25) is 0 Å². The molecule has 0 saturated carbocycles. The molecule has 3 rings (SSSR count). The second kappa shape index (κ2) is 9.41. The van der Waals surface area contributed by atoms with E-state index in [1.54, 1.807) is 7.11 Å². The van der Waals surface area contributed by atoms with E-state index in [1.807, 2.05) is 30.3 Å². The van der Waals surface area contributed by atoms with Crippen LogP contribution >= 0.6 is 12.4 Å². The van der Waals surface area contributed by atoms with E-state index in [4.69, 9.17) is 14.0 Å². The fourth-order valence-corrected chi connectivity index (χ4v) is 2.53. The number of carbonyl (C=O) groups excluding carboxylic acids is 1. The van der Waals surface area contributed by atoms with Crippen molar-refractivity contribution < 1.29 is 18.8 Å². The second-order valence-electron chi connectivity index (χ2n) is 5.59. The summed E-state index contributed by atoms with van der Waals surface area (Å²) in [5.41, 5.74) is 1.55. The first-order valence-electron chi connectivity index (χ1n) is 7.93. The van der Waals surface area contributed by atoms with Crippen LogP contribution in [0.25, 0.3) is 11.3 Å². The van der Waals surface area contributed by atoms with Crippen LogP contribution in [0.3, 0.4) is 0 Å². The average molecular weight is 368 g/mol. The standard InChI is InChI=1S/C17H21N3O4.ClH/c1-22-14-4-2-3-12(7-14)16-8-13(20-24-16)10-19-17(21)9-15-11-18-5-6-23-15;/h2-4,7-8,15,18H,5-6,9-11H2,1H3,(H,19,21);1H. The zero-order valence-electron chi connectivity index (χ0n) is 14.0. The monoisotopic (exact) mass is 367 g/mol. The summed E-state index contributed by atoms with van der Waals surface area (Å²) in [6, 6.07) is 9.35. The lowest BCUT2D eigenvalue weighted by Gasteiger charge is -2.22. The van der Waals surface area contributed by atoms with Crippen LogP contribution in [0, 0.1) is 0 Å². The van der Waals surface area contributed by atoms with E-state index in [1.165, 1.54) is 0 Å². The lowest BCUT2D eigenvalue weighted by Crippen LogP contribution is -2.41. The first-order valence-corrected chi connectivity index (χ1v) is 7.93. The molecule has 136 valence electrons. The molecule has 1 aromatic carbocycles. The van der Waals surface area contributed by atoms with Gasteiger partial charge in [0.1, 0.15) is 11.4 Å². The van der Waals surface area contributed by atoms with Gasteiger partial charge in [0.2, 0.25) is 5.91 Å². The van der Waals surface area contributed by atoms with Crippen molar-refractivity contribution in [2.24, 2.45) is 0 Å². The summed E-state index contributed by atoms with van der Waals surface area (Å²) in [6.45, 7) is 2.51. The van der Waals surface area contributed by atoms with Gasteiger partial charge in [-0.1, -0.05) is 17.3 Å². The lowest BCUT2D eigenvalue weighted by molar-refractivity contribution is -0.124. The van der Waals surface area contributed by atoms with E-state index in [2.05, 4.69) is 15.8 Å². The first-order chi connectivity index (χ1) is 11.7. The maximum absolute atomic E-state index is 12.0. The van der Waals surface area contributed by atoms with E-state index < -0.39 is 0 Å². The van der Waals surface area contributed by atoms with E-state index in [0.717, 1.165) is 17.9 Å². The molecule has 0 spiro atoms. The molecule has 1 amide bonds. The van der Waals surface area contributed by atoms with Crippen LogP contribution in [-0.2, 0) is 16.1 Å². The zero-order chi connectivity index (χ0) is 16.8. The molecule has 0 radical (unpaired) electrons. The van der Waals surface area contributed by atoms with Crippen molar-refractivity contribution in [1.29, 1.82) is 0 Å². The minimum atomic E-state index is -0.0663. The third kappa shape index (κ3) is 5.45. The number of carbonyl (C=O) groups is 1. The van der Waals surface area contributed by atoms with E-state index in [0.29, 0.717) is 37.6 Å². The van der Waals surface area contributed by atoms with Crippen LogP contribution in [-0.4, -0.2) is 44.0 Å². The summed E-state index contributed by atoms with van der Waals surface area (Å²) in [7, 11) is 1.62. The van der Waals surface area contributed by atoms with Gasteiger partial charge in [0, 0.05) is 24.7 Å². The first kappa shape index (κ1) is 19.2. The Kier molecular flexibility index (Phi) is 7.24. The van der Waals surface area contributed by atoms with Crippen molar-refractivity contribution in [3.05, 3.63) is 36.0 Å². The molecule has 0 bridgehead atoms. The highest BCUT2D eigenvalue weighted by Gasteiger charge is 2.17. The molecule has 25 heavy (non-hydrogen) atoms. The molecule has 1 aliphatic rings. The molecule has 1 aromatic heterocycles. The number of halogens is 1. The average Bonchev–Trinajstić information content (AvgIpc) is 3.10. The van der Waals surface area contributed by atoms with Gasteiger partial charge in [-0.25, -0.2) is 0 Å². The summed E-state index contributed by atoms with van der Waals surface area (Å²) in [4.78, 5) is 12.0. The van der Waals surface area contributed by atoms with E-state index >= 15 is 0 Å². The summed E-state index contributed by atoms with van der Waals surface area (Å²) in [6.07, 6.45) is 0.275. The van der Waals surface area contributed by atoms with Crippen molar-refractivity contribution in [1.82, 2.24) is 15.8 Å². The largest absolute Gasteiger partial charge is 0.497 e. The minimum Gasteiger partial charge on any atom is -0.497 e. The van der Waals surface area contributed by atoms with Crippen LogP contribution in [0.4, 0.5) is 0 Å². The molecular formula is C17H22ClN3O4. The molecule has 1 aliphatic heterocycles. The van der Waals surface area contributed by atoms with Gasteiger partial charge >= 0.3 is 0 Å². The summed E-state index contributed by atoms with van der Waals surface area (Å²) >= 11 is 0.